The summed E-state index contributed by atoms with van der Waals surface area (Å²) >= 11 is 5.65. The van der Waals surface area contributed by atoms with E-state index >= 15 is 0 Å². The third-order valence-corrected chi connectivity index (χ3v) is 2.46. The summed E-state index contributed by atoms with van der Waals surface area (Å²) in [6.45, 7) is 0. The largest absolute Gasteiger partial charge is 0.236 e. The first-order valence-electron chi connectivity index (χ1n) is 4.71. The number of hydrogen-bond acceptors (Lipinski definition) is 3. The van der Waals surface area contributed by atoms with Crippen LogP contribution in [0.25, 0.3) is 11.4 Å². The fraction of sp³-hybridized carbons (Fsp3) is 0.0833. The molecule has 1 aromatic heterocycles. The van der Waals surface area contributed by atoms with Crippen LogP contribution in [0.2, 0.25) is 0 Å². The smallest absolute Gasteiger partial charge is 0.160 e. The molecule has 0 aliphatic carbocycles. The van der Waals surface area contributed by atoms with E-state index in [4.69, 9.17) is 16.9 Å². The number of halogens is 1. The van der Waals surface area contributed by atoms with E-state index in [9.17, 15) is 0 Å². The van der Waals surface area contributed by atoms with Gasteiger partial charge >= 0.3 is 0 Å². The highest BCUT2D eigenvalue weighted by Gasteiger charge is 2.06. The molecule has 2 rings (SSSR count). The van der Waals surface area contributed by atoms with Crippen LogP contribution >= 0.6 is 11.6 Å². The number of benzene rings is 1. The number of nitrogens with zero attached hydrogens (tertiary/aromatic N) is 3. The van der Waals surface area contributed by atoms with Crippen molar-refractivity contribution >= 4 is 11.6 Å². The molecule has 78 valence electrons. The minimum Gasteiger partial charge on any atom is -0.236 e. The number of rotatable bonds is 2. The van der Waals surface area contributed by atoms with Gasteiger partial charge in [-0.2, -0.15) is 5.26 Å². The molecule has 0 aliphatic rings. The highest BCUT2D eigenvalue weighted by Crippen LogP contribution is 2.18. The predicted octanol–water partition coefficient (Wildman–Crippen LogP) is 2.75. The minimum absolute atomic E-state index is 0.389. The summed E-state index contributed by atoms with van der Waals surface area (Å²) in [4.78, 5) is 8.36. The van der Waals surface area contributed by atoms with Crippen LogP contribution in [0.1, 0.15) is 11.1 Å². The summed E-state index contributed by atoms with van der Waals surface area (Å²) in [6, 6.07) is 9.36. The van der Waals surface area contributed by atoms with Gasteiger partial charge in [0, 0.05) is 23.5 Å². The van der Waals surface area contributed by atoms with E-state index < -0.39 is 0 Å². The molecule has 0 N–H and O–H groups in total. The fourth-order valence-corrected chi connectivity index (χ4v) is 1.48. The van der Waals surface area contributed by atoms with Crippen LogP contribution in [-0.2, 0) is 5.88 Å². The Morgan fingerprint density at radius 1 is 1.19 bits per heavy atom. The molecule has 4 heteroatoms. The Morgan fingerprint density at radius 3 is 2.50 bits per heavy atom. The van der Waals surface area contributed by atoms with Crippen molar-refractivity contribution in [1.82, 2.24) is 9.97 Å². The Balaban J connectivity index is 2.47. The maximum absolute atomic E-state index is 8.95. The lowest BCUT2D eigenvalue weighted by atomic mass is 10.1. The zero-order valence-electron chi connectivity index (χ0n) is 8.39. The van der Waals surface area contributed by atoms with Gasteiger partial charge in [0.15, 0.2) is 5.82 Å². The van der Waals surface area contributed by atoms with E-state index in [2.05, 4.69) is 16.0 Å². The van der Waals surface area contributed by atoms with Gasteiger partial charge in [-0.1, -0.05) is 12.1 Å². The molecule has 0 amide bonds. The lowest BCUT2D eigenvalue weighted by Crippen LogP contribution is -1.92. The van der Waals surface area contributed by atoms with Gasteiger partial charge in [-0.3, -0.25) is 0 Å². The van der Waals surface area contributed by atoms with E-state index in [-0.39, 0.29) is 0 Å². The molecule has 0 fully saturated rings. The van der Waals surface area contributed by atoms with Gasteiger partial charge < -0.3 is 0 Å². The van der Waals surface area contributed by atoms with Crippen molar-refractivity contribution in [1.29, 1.82) is 5.26 Å². The Labute approximate surface area is 98.4 Å². The average molecular weight is 230 g/mol. The van der Waals surface area contributed by atoms with Crippen LogP contribution < -0.4 is 0 Å². The Bertz CT molecular complexity index is 529. The predicted molar refractivity (Wildman–Crippen MR) is 61.7 cm³/mol. The Hall–Kier alpha value is -1.92. The quantitative estimate of drug-likeness (QED) is 0.744. The molecule has 3 nitrogen and oxygen atoms in total. The van der Waals surface area contributed by atoms with Crippen molar-refractivity contribution in [2.45, 2.75) is 5.88 Å². The first-order valence-corrected chi connectivity index (χ1v) is 5.25. The first kappa shape index (κ1) is 10.6. The van der Waals surface area contributed by atoms with Gasteiger partial charge in [0.1, 0.15) is 0 Å². The summed E-state index contributed by atoms with van der Waals surface area (Å²) in [5, 5.41) is 8.95. The summed E-state index contributed by atoms with van der Waals surface area (Å²) in [5.41, 5.74) is 2.17. The van der Waals surface area contributed by atoms with Crippen LogP contribution in [0.5, 0.6) is 0 Å². The summed E-state index contributed by atoms with van der Waals surface area (Å²) in [5.74, 6) is 0.936. The van der Waals surface area contributed by atoms with E-state index in [0.29, 0.717) is 17.3 Å². The number of aromatic nitrogens is 2. The summed E-state index contributed by atoms with van der Waals surface area (Å²) < 4.78 is 0. The van der Waals surface area contributed by atoms with Crippen LogP contribution in [0, 0.1) is 11.3 Å². The molecule has 0 bridgehead atoms. The van der Waals surface area contributed by atoms with Crippen molar-refractivity contribution in [3.8, 4) is 17.5 Å². The number of alkyl halides is 1. The molecule has 0 radical (unpaired) electrons. The van der Waals surface area contributed by atoms with E-state index in [0.717, 1.165) is 11.1 Å². The molecule has 0 spiro atoms. The van der Waals surface area contributed by atoms with E-state index in [1.807, 2.05) is 18.2 Å². The average Bonchev–Trinajstić information content (AvgIpc) is 2.39. The van der Waals surface area contributed by atoms with E-state index in [1.54, 1.807) is 18.5 Å². The molecule has 1 heterocycles. The molecule has 0 unspecified atom stereocenters. The number of hydrogen-bond donors (Lipinski definition) is 0. The summed E-state index contributed by atoms with van der Waals surface area (Å²) in [7, 11) is 0. The molecular formula is C12H8ClN3. The second-order valence-corrected chi connectivity index (χ2v) is 3.47. The van der Waals surface area contributed by atoms with Crippen molar-refractivity contribution in [3.05, 3.63) is 47.8 Å². The molecule has 0 aliphatic heterocycles. The van der Waals surface area contributed by atoms with Gasteiger partial charge in [-0.25, -0.2) is 9.97 Å². The Morgan fingerprint density at radius 2 is 1.88 bits per heavy atom. The van der Waals surface area contributed by atoms with Crippen LogP contribution in [0.15, 0.2) is 36.7 Å². The zero-order chi connectivity index (χ0) is 11.4. The topological polar surface area (TPSA) is 49.6 Å². The van der Waals surface area contributed by atoms with Gasteiger partial charge in [-0.05, 0) is 12.1 Å². The first-order chi connectivity index (χ1) is 7.85. The molecule has 16 heavy (non-hydrogen) atoms. The second-order valence-electron chi connectivity index (χ2n) is 3.21. The molecular weight excluding hydrogens is 222 g/mol. The second kappa shape index (κ2) is 4.73. The van der Waals surface area contributed by atoms with Crippen molar-refractivity contribution in [3.63, 3.8) is 0 Å². The van der Waals surface area contributed by atoms with E-state index in [1.165, 1.54) is 0 Å². The maximum Gasteiger partial charge on any atom is 0.160 e. The molecule has 2 aromatic rings. The van der Waals surface area contributed by atoms with Crippen molar-refractivity contribution in [2.24, 2.45) is 0 Å². The van der Waals surface area contributed by atoms with Crippen LogP contribution in [0.4, 0.5) is 0 Å². The van der Waals surface area contributed by atoms with Crippen LogP contribution in [-0.4, -0.2) is 9.97 Å². The van der Waals surface area contributed by atoms with Crippen LogP contribution in [0.3, 0.4) is 0 Å². The molecule has 0 saturated carbocycles. The van der Waals surface area contributed by atoms with Gasteiger partial charge in [-0.15, -0.1) is 11.6 Å². The third kappa shape index (κ3) is 2.02. The lowest BCUT2D eigenvalue weighted by molar-refractivity contribution is 1.12. The fourth-order valence-electron chi connectivity index (χ4n) is 1.34. The maximum atomic E-state index is 8.95. The number of nitriles is 1. The lowest BCUT2D eigenvalue weighted by Gasteiger charge is -2.02. The zero-order valence-corrected chi connectivity index (χ0v) is 9.15. The van der Waals surface area contributed by atoms with Crippen molar-refractivity contribution < 1.29 is 0 Å². The SMILES string of the molecule is N#Cc1ccccc1-c1ncc(CCl)cn1. The normalized spacial score (nSPS) is 9.75. The standard InChI is InChI=1S/C12H8ClN3/c13-5-9-7-15-12(16-8-9)11-4-2-1-3-10(11)6-14/h1-4,7-8H,5H2. The third-order valence-electron chi connectivity index (χ3n) is 2.15. The van der Waals surface area contributed by atoms with Gasteiger partial charge in [0.2, 0.25) is 0 Å². The highest BCUT2D eigenvalue weighted by molar-refractivity contribution is 6.17. The molecule has 1 aromatic carbocycles. The Kier molecular flexibility index (Phi) is 3.13. The minimum atomic E-state index is 0.389. The molecule has 0 saturated heterocycles. The van der Waals surface area contributed by atoms with Gasteiger partial charge in [0.25, 0.3) is 0 Å². The van der Waals surface area contributed by atoms with Gasteiger partial charge in [0.05, 0.1) is 17.5 Å². The molecule has 0 atom stereocenters. The summed E-state index contributed by atoms with van der Waals surface area (Å²) in [6.07, 6.45) is 3.34. The van der Waals surface area contributed by atoms with Crippen molar-refractivity contribution in [2.75, 3.05) is 0 Å². The monoisotopic (exact) mass is 229 g/mol. The highest BCUT2D eigenvalue weighted by atomic mass is 35.5.